The van der Waals surface area contributed by atoms with E-state index in [1.165, 1.54) is 12.8 Å². The lowest BCUT2D eigenvalue weighted by molar-refractivity contribution is 0.0953. The molecule has 0 bridgehead atoms. The van der Waals surface area contributed by atoms with Gasteiger partial charge in [0.2, 0.25) is 0 Å². The smallest absolute Gasteiger partial charge is 0.251 e. The van der Waals surface area contributed by atoms with Crippen LogP contribution in [0.4, 0.5) is 11.5 Å². The summed E-state index contributed by atoms with van der Waals surface area (Å²) in [6.45, 7) is 4.76. The molecule has 5 nitrogen and oxygen atoms in total. The van der Waals surface area contributed by atoms with Crippen molar-refractivity contribution in [2.75, 3.05) is 11.9 Å². The second-order valence-corrected chi connectivity index (χ2v) is 7.07. The minimum atomic E-state index is -0.0472. The number of anilines is 2. The average molecular weight is 389 g/mol. The van der Waals surface area contributed by atoms with Crippen LogP contribution in [0.25, 0.3) is 11.3 Å². The molecule has 0 atom stereocenters. The Hall–Kier alpha value is -3.21. The quantitative estimate of drug-likeness (QED) is 0.475. The number of hydrogen-bond acceptors (Lipinski definition) is 4. The second-order valence-electron chi connectivity index (χ2n) is 7.07. The Morgan fingerprint density at radius 3 is 2.55 bits per heavy atom. The van der Waals surface area contributed by atoms with Crippen LogP contribution >= 0.6 is 0 Å². The number of hydrogen-bond donors (Lipinski definition) is 2. The molecule has 1 heterocycles. The van der Waals surface area contributed by atoms with E-state index < -0.39 is 0 Å². The van der Waals surface area contributed by atoms with Crippen LogP contribution in [0.3, 0.4) is 0 Å². The van der Waals surface area contributed by atoms with E-state index in [9.17, 15) is 4.79 Å². The molecular formula is C24H28N4O. The first-order valence-electron chi connectivity index (χ1n) is 10.2. The predicted octanol–water partition coefficient (Wildman–Crippen LogP) is 5.51. The first kappa shape index (κ1) is 20.5. The van der Waals surface area contributed by atoms with Gasteiger partial charge in [-0.15, -0.1) is 0 Å². The van der Waals surface area contributed by atoms with Crippen molar-refractivity contribution in [1.82, 2.24) is 15.3 Å². The van der Waals surface area contributed by atoms with Crippen LogP contribution in [0, 0.1) is 6.92 Å². The number of carbonyl (C=O) groups excluding carboxylic acids is 1. The summed E-state index contributed by atoms with van der Waals surface area (Å²) in [4.78, 5) is 21.4. The largest absolute Gasteiger partial charge is 0.352 e. The van der Waals surface area contributed by atoms with E-state index in [0.717, 1.165) is 29.8 Å². The third-order valence-electron chi connectivity index (χ3n) is 4.62. The summed E-state index contributed by atoms with van der Waals surface area (Å²) in [6, 6.07) is 19.4. The second kappa shape index (κ2) is 10.4. The van der Waals surface area contributed by atoms with E-state index in [1.807, 2.05) is 67.6 Å². The molecule has 2 N–H and O–H groups in total. The van der Waals surface area contributed by atoms with Gasteiger partial charge in [-0.25, -0.2) is 9.97 Å². The van der Waals surface area contributed by atoms with Crippen molar-refractivity contribution in [1.29, 1.82) is 0 Å². The number of nitrogens with zero attached hydrogens (tertiary/aromatic N) is 2. The van der Waals surface area contributed by atoms with Gasteiger partial charge in [0.1, 0.15) is 11.6 Å². The fraction of sp³-hybridized carbons (Fsp3) is 0.292. The molecule has 0 unspecified atom stereocenters. The van der Waals surface area contributed by atoms with Gasteiger partial charge < -0.3 is 10.6 Å². The maximum Gasteiger partial charge on any atom is 0.251 e. The minimum absolute atomic E-state index is 0.0472. The molecule has 2 aromatic carbocycles. The molecule has 0 saturated heterocycles. The van der Waals surface area contributed by atoms with Crippen molar-refractivity contribution in [3.05, 3.63) is 72.1 Å². The van der Waals surface area contributed by atoms with Crippen molar-refractivity contribution >= 4 is 17.4 Å². The Morgan fingerprint density at radius 2 is 1.76 bits per heavy atom. The predicted molar refractivity (Wildman–Crippen MR) is 118 cm³/mol. The molecule has 1 amide bonds. The summed E-state index contributed by atoms with van der Waals surface area (Å²) in [5, 5.41) is 6.30. The number of aryl methyl sites for hydroxylation is 1. The number of rotatable bonds is 9. The van der Waals surface area contributed by atoms with Gasteiger partial charge in [0.25, 0.3) is 5.91 Å². The number of benzene rings is 2. The zero-order valence-electron chi connectivity index (χ0n) is 17.1. The zero-order valence-corrected chi connectivity index (χ0v) is 17.1. The third-order valence-corrected chi connectivity index (χ3v) is 4.62. The van der Waals surface area contributed by atoms with Gasteiger partial charge in [-0.3, -0.25) is 4.79 Å². The number of amides is 1. The third kappa shape index (κ3) is 6.14. The van der Waals surface area contributed by atoms with Gasteiger partial charge in [0, 0.05) is 29.4 Å². The number of aromatic nitrogens is 2. The van der Waals surface area contributed by atoms with Crippen LogP contribution in [-0.2, 0) is 0 Å². The summed E-state index contributed by atoms with van der Waals surface area (Å²) in [5.41, 5.74) is 3.36. The van der Waals surface area contributed by atoms with Crippen LogP contribution in [0.15, 0.2) is 60.7 Å². The minimum Gasteiger partial charge on any atom is -0.352 e. The van der Waals surface area contributed by atoms with Crippen LogP contribution in [0.5, 0.6) is 0 Å². The molecule has 3 rings (SSSR count). The summed E-state index contributed by atoms with van der Waals surface area (Å²) in [5.74, 6) is 1.34. The highest BCUT2D eigenvalue weighted by molar-refractivity contribution is 5.95. The fourth-order valence-electron chi connectivity index (χ4n) is 3.13. The van der Waals surface area contributed by atoms with Crippen LogP contribution < -0.4 is 10.6 Å². The molecule has 29 heavy (non-hydrogen) atoms. The SMILES string of the molecule is CCCCCCNC(=O)c1cccc(Nc2cc(-c3ccccc3)nc(C)n2)c1. The summed E-state index contributed by atoms with van der Waals surface area (Å²) in [7, 11) is 0. The molecule has 3 aromatic rings. The first-order valence-corrected chi connectivity index (χ1v) is 10.2. The van der Waals surface area contributed by atoms with Crippen LogP contribution in [0.2, 0.25) is 0 Å². The topological polar surface area (TPSA) is 66.9 Å². The van der Waals surface area contributed by atoms with E-state index in [1.54, 1.807) is 0 Å². The van der Waals surface area contributed by atoms with Crippen molar-refractivity contribution in [2.24, 2.45) is 0 Å². The Bertz CT molecular complexity index is 941. The van der Waals surface area contributed by atoms with Crippen molar-refractivity contribution in [3.63, 3.8) is 0 Å². The Morgan fingerprint density at radius 1 is 0.931 bits per heavy atom. The zero-order chi connectivity index (χ0) is 20.5. The monoisotopic (exact) mass is 388 g/mol. The van der Waals surface area contributed by atoms with E-state index in [4.69, 9.17) is 0 Å². The van der Waals surface area contributed by atoms with Crippen LogP contribution in [0.1, 0.15) is 48.8 Å². The molecule has 5 heteroatoms. The average Bonchev–Trinajstić information content (AvgIpc) is 2.74. The van der Waals surface area contributed by atoms with Gasteiger partial charge >= 0.3 is 0 Å². The fourth-order valence-corrected chi connectivity index (χ4v) is 3.13. The van der Waals surface area contributed by atoms with E-state index in [-0.39, 0.29) is 5.91 Å². The van der Waals surface area contributed by atoms with Gasteiger partial charge in [-0.1, -0.05) is 62.6 Å². The highest BCUT2D eigenvalue weighted by atomic mass is 16.1. The Balaban J connectivity index is 1.69. The van der Waals surface area contributed by atoms with Gasteiger partial charge in [0.15, 0.2) is 0 Å². The van der Waals surface area contributed by atoms with E-state index >= 15 is 0 Å². The highest BCUT2D eigenvalue weighted by Crippen LogP contribution is 2.22. The Labute approximate surface area is 172 Å². The first-order chi connectivity index (χ1) is 14.2. The lowest BCUT2D eigenvalue weighted by Crippen LogP contribution is -2.24. The normalized spacial score (nSPS) is 10.6. The van der Waals surface area contributed by atoms with Crippen molar-refractivity contribution in [3.8, 4) is 11.3 Å². The molecule has 0 aliphatic heterocycles. The molecule has 0 aliphatic carbocycles. The van der Waals surface area contributed by atoms with E-state index in [0.29, 0.717) is 23.8 Å². The molecule has 1 aromatic heterocycles. The van der Waals surface area contributed by atoms with Crippen molar-refractivity contribution < 1.29 is 4.79 Å². The number of unbranched alkanes of at least 4 members (excludes halogenated alkanes) is 3. The van der Waals surface area contributed by atoms with Gasteiger partial charge in [-0.05, 0) is 31.5 Å². The number of carbonyl (C=O) groups is 1. The van der Waals surface area contributed by atoms with Crippen LogP contribution in [-0.4, -0.2) is 22.4 Å². The molecule has 0 fully saturated rings. The lowest BCUT2D eigenvalue weighted by Gasteiger charge is -2.10. The standard InChI is InChI=1S/C24H28N4O/c1-3-4-5-9-15-25-24(29)20-13-10-14-21(16-20)28-23-17-22(26-18(2)27-23)19-11-7-6-8-12-19/h6-8,10-14,16-17H,3-5,9,15H2,1-2H3,(H,25,29)(H,26,27,28). The molecule has 150 valence electrons. The summed E-state index contributed by atoms with van der Waals surface area (Å²) >= 11 is 0. The molecule has 0 radical (unpaired) electrons. The van der Waals surface area contributed by atoms with Crippen molar-refractivity contribution in [2.45, 2.75) is 39.5 Å². The van der Waals surface area contributed by atoms with Gasteiger partial charge in [0.05, 0.1) is 5.69 Å². The highest BCUT2D eigenvalue weighted by Gasteiger charge is 2.08. The molecule has 0 saturated carbocycles. The Kier molecular flexibility index (Phi) is 7.34. The van der Waals surface area contributed by atoms with E-state index in [2.05, 4.69) is 27.5 Å². The lowest BCUT2D eigenvalue weighted by atomic mass is 10.1. The number of nitrogens with one attached hydrogen (secondary N) is 2. The maximum absolute atomic E-state index is 12.4. The summed E-state index contributed by atoms with van der Waals surface area (Å²) < 4.78 is 0. The molecular weight excluding hydrogens is 360 g/mol. The maximum atomic E-state index is 12.4. The van der Waals surface area contributed by atoms with Gasteiger partial charge in [-0.2, -0.15) is 0 Å². The summed E-state index contributed by atoms with van der Waals surface area (Å²) in [6.07, 6.45) is 4.56. The molecule has 0 spiro atoms. The molecule has 0 aliphatic rings.